The zero-order chi connectivity index (χ0) is 15.4. The summed E-state index contributed by atoms with van der Waals surface area (Å²) in [6.07, 6.45) is 3.32. The Bertz CT molecular complexity index is 212. The lowest BCUT2D eigenvalue weighted by Gasteiger charge is -2.21. The van der Waals surface area contributed by atoms with Crippen LogP contribution < -0.4 is 0 Å². The van der Waals surface area contributed by atoms with E-state index in [-0.39, 0.29) is 3.91 Å². The molecule has 0 nitrogen and oxygen atoms in total. The smallest absolute Gasteiger partial charge is 0.0910 e. The van der Waals surface area contributed by atoms with E-state index in [1.807, 2.05) is 70.6 Å². The molecule has 0 heterocycles. The van der Waals surface area contributed by atoms with Gasteiger partial charge in [0, 0.05) is 19.8 Å². The molecule has 0 amide bonds. The van der Waals surface area contributed by atoms with Crippen LogP contribution in [0, 0.1) is 0 Å². The van der Waals surface area contributed by atoms with Crippen molar-refractivity contribution in [2.75, 3.05) is 21.5 Å². The summed E-state index contributed by atoms with van der Waals surface area (Å²) in [5.41, 5.74) is 0. The van der Waals surface area contributed by atoms with Gasteiger partial charge < -0.3 is 0 Å². The molecule has 3 atom stereocenters. The van der Waals surface area contributed by atoms with Crippen LogP contribution in [0.2, 0.25) is 0 Å². The summed E-state index contributed by atoms with van der Waals surface area (Å²) in [7, 11) is 0. The van der Waals surface area contributed by atoms with Gasteiger partial charge in [0.15, 0.2) is 0 Å². The van der Waals surface area contributed by atoms with Crippen LogP contribution in [0.1, 0.15) is 13.3 Å². The molecule has 0 aromatic heterocycles. The fourth-order valence-electron chi connectivity index (χ4n) is 1.07. The molecule has 0 rings (SSSR count). The van der Waals surface area contributed by atoms with E-state index in [1.165, 1.54) is 0 Å². The van der Waals surface area contributed by atoms with Crippen LogP contribution in [-0.2, 0) is 0 Å². The molecule has 10 heteroatoms. The van der Waals surface area contributed by atoms with Gasteiger partial charge in [0.2, 0.25) is 0 Å². The molecular formula is C10H22S10. The third kappa shape index (κ3) is 15.1. The van der Waals surface area contributed by atoms with E-state index in [4.69, 9.17) is 0 Å². The van der Waals surface area contributed by atoms with Gasteiger partial charge in [-0.1, -0.05) is 0 Å². The van der Waals surface area contributed by atoms with Crippen molar-refractivity contribution in [1.82, 2.24) is 0 Å². The molecule has 0 spiro atoms. The van der Waals surface area contributed by atoms with E-state index < -0.39 is 0 Å². The summed E-state index contributed by atoms with van der Waals surface area (Å²) < 4.78 is 1.68. The molecule has 0 aromatic rings. The van der Waals surface area contributed by atoms with Crippen molar-refractivity contribution < 1.29 is 0 Å². The molecule has 0 aliphatic heterocycles. The SMILES string of the molecule is CSC(CC(SCS)SCSCSC(C)S)SC(S)S. The second kappa shape index (κ2) is 16.0. The topological polar surface area (TPSA) is 0 Å². The highest BCUT2D eigenvalue weighted by molar-refractivity contribution is 8.29. The third-order valence-electron chi connectivity index (χ3n) is 1.91. The summed E-state index contributed by atoms with van der Waals surface area (Å²) in [5.74, 6) is 0. The van der Waals surface area contributed by atoms with Gasteiger partial charge in [0.05, 0.1) is 13.1 Å². The lowest BCUT2D eigenvalue weighted by molar-refractivity contribution is 1.03. The van der Waals surface area contributed by atoms with Crippen LogP contribution in [0.3, 0.4) is 0 Å². The number of thioether (sulfide) groups is 6. The van der Waals surface area contributed by atoms with E-state index in [0.717, 1.165) is 21.7 Å². The van der Waals surface area contributed by atoms with Crippen molar-refractivity contribution in [3.05, 3.63) is 0 Å². The Labute approximate surface area is 171 Å². The van der Waals surface area contributed by atoms with Crippen molar-refractivity contribution in [2.24, 2.45) is 0 Å². The monoisotopic (exact) mass is 462 g/mol. The first kappa shape index (κ1) is 23.5. The first-order valence-electron chi connectivity index (χ1n) is 5.75. The van der Waals surface area contributed by atoms with Crippen LogP contribution >= 0.6 is 121 Å². The first-order valence-corrected chi connectivity index (χ1v) is 14.5. The van der Waals surface area contributed by atoms with Gasteiger partial charge in [0.1, 0.15) is 0 Å². The van der Waals surface area contributed by atoms with Gasteiger partial charge in [-0.15, -0.1) is 58.8 Å². The van der Waals surface area contributed by atoms with Gasteiger partial charge in [0.25, 0.3) is 0 Å². The van der Waals surface area contributed by atoms with Crippen LogP contribution in [0.15, 0.2) is 0 Å². The van der Waals surface area contributed by atoms with Crippen molar-refractivity contribution in [2.45, 2.75) is 31.0 Å². The number of hydrogen-bond acceptors (Lipinski definition) is 10. The van der Waals surface area contributed by atoms with Crippen LogP contribution in [0.4, 0.5) is 0 Å². The van der Waals surface area contributed by atoms with E-state index in [9.17, 15) is 0 Å². The molecule has 0 fully saturated rings. The van der Waals surface area contributed by atoms with Gasteiger partial charge >= 0.3 is 0 Å². The predicted molar refractivity (Wildman–Crippen MR) is 127 cm³/mol. The molecule has 3 unspecified atom stereocenters. The molecule has 0 saturated heterocycles. The zero-order valence-corrected chi connectivity index (χ0v) is 19.9. The lowest BCUT2D eigenvalue weighted by Crippen LogP contribution is -2.09. The fourth-order valence-corrected chi connectivity index (χ4v) is 11.0. The summed E-state index contributed by atoms with van der Waals surface area (Å²) in [5, 5.41) is 3.13. The molecule has 0 aromatic carbocycles. The van der Waals surface area contributed by atoms with E-state index >= 15 is 0 Å². The first-order chi connectivity index (χ1) is 9.49. The van der Waals surface area contributed by atoms with Crippen LogP contribution in [0.25, 0.3) is 0 Å². The highest BCUT2D eigenvalue weighted by Gasteiger charge is 2.18. The average molecular weight is 463 g/mol. The molecule has 0 bridgehead atoms. The molecule has 0 saturated carbocycles. The molecule has 0 aliphatic carbocycles. The number of rotatable bonds is 13. The normalized spacial score (nSPS) is 16.4. The molecule has 20 heavy (non-hydrogen) atoms. The third-order valence-corrected chi connectivity index (χ3v) is 10.9. The Balaban J connectivity index is 3.95. The Morgan fingerprint density at radius 2 is 1.60 bits per heavy atom. The number of thiol groups is 4. The van der Waals surface area contributed by atoms with Crippen LogP contribution in [-0.4, -0.2) is 39.2 Å². The van der Waals surface area contributed by atoms with Crippen LogP contribution in [0.5, 0.6) is 0 Å². The van der Waals surface area contributed by atoms with E-state index in [0.29, 0.717) is 13.7 Å². The standard InChI is InChI=1S/C10H22S10/c1-7(12)18-5-16-6-19-9(17-4-11)3-8(15-2)20-10(13)14/h7-14H,3-6H2,1-2H3. The average Bonchev–Trinajstić information content (AvgIpc) is 2.36. The van der Waals surface area contributed by atoms with Gasteiger partial charge in [-0.25, -0.2) is 0 Å². The van der Waals surface area contributed by atoms with Gasteiger partial charge in [-0.2, -0.15) is 62.3 Å². The highest BCUT2D eigenvalue weighted by Crippen LogP contribution is 2.39. The van der Waals surface area contributed by atoms with Gasteiger partial charge in [-0.3, -0.25) is 0 Å². The quantitative estimate of drug-likeness (QED) is 0.143. The van der Waals surface area contributed by atoms with Crippen molar-refractivity contribution in [1.29, 1.82) is 0 Å². The Hall–Kier alpha value is 3.50. The van der Waals surface area contributed by atoms with E-state index in [1.54, 1.807) is 0 Å². The lowest BCUT2D eigenvalue weighted by atomic mass is 10.5. The molecular weight excluding hydrogens is 441 g/mol. The highest BCUT2D eigenvalue weighted by atomic mass is 32.3. The minimum absolute atomic E-state index is 0.0988. The second-order valence-corrected chi connectivity index (χ2v) is 15.8. The molecule has 0 N–H and O–H groups in total. The maximum Gasteiger partial charge on any atom is 0.0910 e. The van der Waals surface area contributed by atoms with E-state index in [2.05, 4.69) is 63.7 Å². The van der Waals surface area contributed by atoms with Gasteiger partial charge in [-0.05, 0) is 19.6 Å². The number of hydrogen-bond donors (Lipinski definition) is 4. The fraction of sp³-hybridized carbons (Fsp3) is 1.00. The minimum Gasteiger partial charge on any atom is -0.168 e. The maximum absolute atomic E-state index is 4.37. The Kier molecular flexibility index (Phi) is 18.8. The predicted octanol–water partition coefficient (Wildman–Crippen LogP) is 6.28. The largest absolute Gasteiger partial charge is 0.168 e. The summed E-state index contributed by atoms with van der Waals surface area (Å²) in [6, 6.07) is 0. The second-order valence-electron chi connectivity index (χ2n) is 3.46. The summed E-state index contributed by atoms with van der Waals surface area (Å²) in [4.78, 5) is 0. The summed E-state index contributed by atoms with van der Waals surface area (Å²) >= 11 is 29.0. The Morgan fingerprint density at radius 3 is 2.10 bits per heavy atom. The molecule has 0 radical (unpaired) electrons. The molecule has 122 valence electrons. The Morgan fingerprint density at radius 1 is 0.950 bits per heavy atom. The zero-order valence-electron chi connectivity index (χ0n) is 11.4. The minimum atomic E-state index is 0.0988. The maximum atomic E-state index is 4.37. The van der Waals surface area contributed by atoms with Crippen molar-refractivity contribution >= 4 is 121 Å². The van der Waals surface area contributed by atoms with Crippen molar-refractivity contribution in [3.8, 4) is 0 Å². The van der Waals surface area contributed by atoms with Crippen molar-refractivity contribution in [3.63, 3.8) is 0 Å². The summed E-state index contributed by atoms with van der Waals surface area (Å²) in [6.45, 7) is 2.12. The molecule has 0 aliphatic rings.